The number of hydrogen-bond donors (Lipinski definition) is 0. The zero-order chi connectivity index (χ0) is 7.52. The molecule has 0 aliphatic heterocycles. The highest BCUT2D eigenvalue weighted by molar-refractivity contribution is 4.88. The highest BCUT2D eigenvalue weighted by Crippen LogP contribution is 2.30. The Morgan fingerprint density at radius 2 is 2.00 bits per heavy atom. The molecule has 4 heteroatoms. The lowest BCUT2D eigenvalue weighted by molar-refractivity contribution is 0.307. The van der Waals surface area contributed by atoms with Gasteiger partial charge in [-0.15, -0.1) is 0 Å². The Labute approximate surface area is 65.0 Å². The zero-order valence-corrected chi connectivity index (χ0v) is 6.36. The van der Waals surface area contributed by atoms with Crippen LogP contribution in [0, 0.1) is 0 Å². The fourth-order valence-electron chi connectivity index (χ4n) is 1.65. The largest absolute Gasteiger partial charge is 0.320 e. The molecule has 1 fully saturated rings. The van der Waals surface area contributed by atoms with Gasteiger partial charge in [-0.3, -0.25) is 0 Å². The first kappa shape index (κ1) is 6.76. The van der Waals surface area contributed by atoms with E-state index in [0.29, 0.717) is 5.92 Å². The van der Waals surface area contributed by atoms with Crippen LogP contribution in [0.4, 0.5) is 0 Å². The maximum atomic E-state index is 4.90. The molecule has 1 aliphatic carbocycles. The van der Waals surface area contributed by atoms with E-state index in [2.05, 4.69) is 15.6 Å². The summed E-state index contributed by atoms with van der Waals surface area (Å²) in [6.07, 6.45) is 6.28. The fraction of sp³-hybridized carbons (Fsp3) is 0.857. The normalized spacial score (nSPS) is 20.4. The molecule has 1 aromatic heterocycles. The summed E-state index contributed by atoms with van der Waals surface area (Å²) in [6.45, 7) is 0. The van der Waals surface area contributed by atoms with E-state index in [1.54, 1.807) is 0 Å². The van der Waals surface area contributed by atoms with Crippen molar-refractivity contribution in [1.82, 2.24) is 15.6 Å². The van der Waals surface area contributed by atoms with Crippen molar-refractivity contribution in [1.29, 1.82) is 0 Å². The van der Waals surface area contributed by atoms with E-state index in [9.17, 15) is 0 Å². The second kappa shape index (κ2) is 2.98. The van der Waals surface area contributed by atoms with E-state index in [0.717, 1.165) is 5.89 Å². The monoisotopic (exact) mass is 153 g/mol. The van der Waals surface area contributed by atoms with Crippen LogP contribution in [0.1, 0.15) is 43.9 Å². The van der Waals surface area contributed by atoms with Crippen molar-refractivity contribution in [3.63, 3.8) is 0 Å². The second-order valence-corrected chi connectivity index (χ2v) is 3.04. The molecule has 2 rings (SSSR count). The van der Waals surface area contributed by atoms with Crippen molar-refractivity contribution < 1.29 is 4.52 Å². The van der Waals surface area contributed by atoms with Crippen molar-refractivity contribution in [2.24, 2.45) is 0 Å². The summed E-state index contributed by atoms with van der Waals surface area (Å²) in [6, 6.07) is 0. The highest BCUT2D eigenvalue weighted by atomic mass is 16.5. The molecule has 1 aliphatic rings. The Morgan fingerprint density at radius 1 is 1.18 bits per heavy atom. The summed E-state index contributed by atoms with van der Waals surface area (Å²) in [5.41, 5.74) is 0. The van der Waals surface area contributed by atoms with Gasteiger partial charge in [0.05, 0.1) is 5.27 Å². The smallest absolute Gasteiger partial charge is 0.251 e. The van der Waals surface area contributed by atoms with Crippen LogP contribution in [0.5, 0.6) is 0 Å². The minimum absolute atomic E-state index is 0.485. The van der Waals surface area contributed by atoms with Gasteiger partial charge in [-0.25, -0.2) is 0 Å². The van der Waals surface area contributed by atoms with Crippen molar-refractivity contribution in [3.05, 3.63) is 5.89 Å². The van der Waals surface area contributed by atoms with E-state index in [1.807, 2.05) is 0 Å². The van der Waals surface area contributed by atoms with E-state index >= 15 is 0 Å². The van der Waals surface area contributed by atoms with Crippen LogP contribution in [0.2, 0.25) is 0 Å². The predicted molar refractivity (Wildman–Crippen MR) is 37.9 cm³/mol. The Balaban J connectivity index is 2.04. The molecule has 0 atom stereocenters. The lowest BCUT2D eigenvalue weighted by Gasteiger charge is -2.16. The average molecular weight is 153 g/mol. The Hall–Kier alpha value is -0.930. The average Bonchev–Trinajstić information content (AvgIpc) is 2.58. The van der Waals surface area contributed by atoms with Crippen LogP contribution >= 0.6 is 0 Å². The first-order valence-electron chi connectivity index (χ1n) is 4.12. The minimum atomic E-state index is 0.485. The van der Waals surface area contributed by atoms with Gasteiger partial charge >= 0.3 is 0 Å². The van der Waals surface area contributed by atoms with Crippen molar-refractivity contribution in [3.8, 4) is 0 Å². The van der Waals surface area contributed by atoms with Gasteiger partial charge in [0.25, 0.3) is 5.89 Å². The Kier molecular flexibility index (Phi) is 1.83. The van der Waals surface area contributed by atoms with Crippen LogP contribution in [0.25, 0.3) is 0 Å². The topological polar surface area (TPSA) is 51.8 Å². The number of hydrogen-bond acceptors (Lipinski definition) is 4. The van der Waals surface area contributed by atoms with Gasteiger partial charge in [-0.05, 0) is 18.1 Å². The first-order valence-corrected chi connectivity index (χ1v) is 4.12. The van der Waals surface area contributed by atoms with Gasteiger partial charge in [0, 0.05) is 5.92 Å². The molecule has 1 heterocycles. The maximum absolute atomic E-state index is 4.90. The molecule has 0 aromatic carbocycles. The molecule has 0 radical (unpaired) electrons. The van der Waals surface area contributed by atoms with Gasteiger partial charge in [0.15, 0.2) is 0 Å². The molecule has 60 valence electrons. The van der Waals surface area contributed by atoms with Crippen LogP contribution in [0.3, 0.4) is 0 Å². The summed E-state index contributed by atoms with van der Waals surface area (Å²) in [4.78, 5) is 0. The van der Waals surface area contributed by atoms with Crippen molar-refractivity contribution in [2.45, 2.75) is 38.0 Å². The number of rotatable bonds is 1. The third-order valence-electron chi connectivity index (χ3n) is 2.27. The molecule has 11 heavy (non-hydrogen) atoms. The molecular weight excluding hydrogens is 142 g/mol. The van der Waals surface area contributed by atoms with E-state index < -0.39 is 0 Å². The van der Waals surface area contributed by atoms with Gasteiger partial charge < -0.3 is 4.52 Å². The summed E-state index contributed by atoms with van der Waals surface area (Å²) >= 11 is 0. The summed E-state index contributed by atoms with van der Waals surface area (Å²) in [5.74, 6) is 1.21. The molecule has 1 saturated carbocycles. The molecule has 0 spiro atoms. The van der Waals surface area contributed by atoms with Gasteiger partial charge in [0.1, 0.15) is 0 Å². The van der Waals surface area contributed by atoms with Gasteiger partial charge in [-0.1, -0.05) is 24.4 Å². The molecule has 0 N–H and O–H groups in total. The molecule has 0 saturated heterocycles. The number of nitrogens with zero attached hydrogens (tertiary/aromatic N) is 3. The Bertz CT molecular complexity index is 203. The Morgan fingerprint density at radius 3 is 2.64 bits per heavy atom. The van der Waals surface area contributed by atoms with Crippen molar-refractivity contribution >= 4 is 0 Å². The summed E-state index contributed by atoms with van der Waals surface area (Å²) < 4.78 is 4.90. The van der Waals surface area contributed by atoms with Crippen LogP contribution in [0.15, 0.2) is 4.52 Å². The van der Waals surface area contributed by atoms with Crippen LogP contribution in [-0.4, -0.2) is 15.6 Å². The third-order valence-corrected chi connectivity index (χ3v) is 2.27. The van der Waals surface area contributed by atoms with Gasteiger partial charge in [-0.2, -0.15) is 0 Å². The van der Waals surface area contributed by atoms with Crippen LogP contribution in [-0.2, 0) is 0 Å². The van der Waals surface area contributed by atoms with E-state index in [4.69, 9.17) is 4.52 Å². The summed E-state index contributed by atoms with van der Waals surface area (Å²) in [5, 5.41) is 10.6. The van der Waals surface area contributed by atoms with Crippen molar-refractivity contribution in [2.75, 3.05) is 0 Å². The molecule has 1 aromatic rings. The molecule has 0 bridgehead atoms. The predicted octanol–water partition coefficient (Wildman–Crippen LogP) is 1.51. The molecular formula is C7H11N3O. The number of aromatic nitrogens is 3. The fourth-order valence-corrected chi connectivity index (χ4v) is 1.65. The standard InChI is InChI=1S/C7H11N3O/c1-2-4-6(5-3-1)7-8-9-10-11-7/h6H,1-5H2. The zero-order valence-electron chi connectivity index (χ0n) is 6.36. The first-order chi connectivity index (χ1) is 5.47. The third kappa shape index (κ3) is 1.39. The van der Waals surface area contributed by atoms with Crippen LogP contribution < -0.4 is 0 Å². The molecule has 0 amide bonds. The molecule has 4 nitrogen and oxygen atoms in total. The minimum Gasteiger partial charge on any atom is -0.320 e. The quantitative estimate of drug-likeness (QED) is 0.613. The van der Waals surface area contributed by atoms with E-state index in [1.165, 1.54) is 32.1 Å². The molecule has 0 unspecified atom stereocenters. The summed E-state index contributed by atoms with van der Waals surface area (Å²) in [7, 11) is 0. The second-order valence-electron chi connectivity index (χ2n) is 3.04. The lowest BCUT2D eigenvalue weighted by Crippen LogP contribution is -2.04. The lowest BCUT2D eigenvalue weighted by atomic mass is 9.89. The maximum Gasteiger partial charge on any atom is 0.251 e. The van der Waals surface area contributed by atoms with Gasteiger partial charge in [0.2, 0.25) is 0 Å². The highest BCUT2D eigenvalue weighted by Gasteiger charge is 2.20. The van der Waals surface area contributed by atoms with E-state index in [-0.39, 0.29) is 0 Å². The SMILES string of the molecule is C1CCC(c2nnno2)CC1.